The summed E-state index contributed by atoms with van der Waals surface area (Å²) in [6, 6.07) is 8.76. The lowest BCUT2D eigenvalue weighted by Gasteiger charge is -2.10. The van der Waals surface area contributed by atoms with E-state index in [0.29, 0.717) is 5.92 Å². The Labute approximate surface area is 98.8 Å². The monoisotopic (exact) mass is 218 g/mol. The van der Waals surface area contributed by atoms with E-state index in [2.05, 4.69) is 44.2 Å². The zero-order chi connectivity index (χ0) is 12.0. The average Bonchev–Trinajstić information content (AvgIpc) is 2.29. The van der Waals surface area contributed by atoms with Gasteiger partial charge in [-0.25, -0.2) is 0 Å². The van der Waals surface area contributed by atoms with Crippen molar-refractivity contribution in [2.45, 2.75) is 39.5 Å². The molecule has 0 bridgehead atoms. The highest BCUT2D eigenvalue weighted by Gasteiger charge is 2.03. The van der Waals surface area contributed by atoms with Crippen molar-refractivity contribution in [3.05, 3.63) is 47.0 Å². The van der Waals surface area contributed by atoms with Gasteiger partial charge < -0.3 is 5.11 Å². The Morgan fingerprint density at radius 2 is 1.94 bits per heavy atom. The molecule has 0 amide bonds. The maximum Gasteiger partial charge on any atom is 0.0639 e. The van der Waals surface area contributed by atoms with E-state index in [1.807, 2.05) is 6.92 Å². The normalized spacial score (nSPS) is 13.9. The fourth-order valence-corrected chi connectivity index (χ4v) is 1.71. The smallest absolute Gasteiger partial charge is 0.0639 e. The average molecular weight is 218 g/mol. The fraction of sp³-hybridized carbons (Fsp3) is 0.467. The number of allylic oxidation sites excluding steroid dienone is 1. The number of hydrogen-bond acceptors (Lipinski definition) is 1. The molecule has 0 saturated carbocycles. The van der Waals surface area contributed by atoms with Gasteiger partial charge in [-0.15, -0.1) is 0 Å². The fourth-order valence-electron chi connectivity index (χ4n) is 1.71. The van der Waals surface area contributed by atoms with E-state index < -0.39 is 0 Å². The lowest BCUT2D eigenvalue weighted by atomic mass is 9.95. The molecule has 1 N–H and O–H groups in total. The third-order valence-electron chi connectivity index (χ3n) is 2.99. The standard InChI is InChI=1S/C15H22O/c1-12-7-9-15(10-8-12)14(3)6-4-5-13(2)11-16/h5,7-10,14,16H,4,6,11H2,1-3H3/b13-5-. The Kier molecular flexibility index (Phi) is 5.27. The maximum atomic E-state index is 8.88. The van der Waals surface area contributed by atoms with Crippen molar-refractivity contribution in [3.63, 3.8) is 0 Å². The lowest BCUT2D eigenvalue weighted by molar-refractivity contribution is 0.331. The minimum Gasteiger partial charge on any atom is -0.392 e. The SMILES string of the molecule is C/C(=C/CCC(C)c1ccc(C)cc1)CO. The summed E-state index contributed by atoms with van der Waals surface area (Å²) in [4.78, 5) is 0. The first-order valence-electron chi connectivity index (χ1n) is 5.96. The zero-order valence-electron chi connectivity index (χ0n) is 10.5. The molecule has 0 aromatic heterocycles. The van der Waals surface area contributed by atoms with Crippen molar-refractivity contribution in [1.82, 2.24) is 0 Å². The van der Waals surface area contributed by atoms with E-state index in [1.165, 1.54) is 11.1 Å². The summed E-state index contributed by atoms with van der Waals surface area (Å²) in [6.45, 7) is 6.52. The quantitative estimate of drug-likeness (QED) is 0.745. The number of benzene rings is 1. The predicted octanol–water partition coefficient (Wildman–Crippen LogP) is 3.82. The number of hydrogen-bond donors (Lipinski definition) is 1. The Morgan fingerprint density at radius 1 is 1.31 bits per heavy atom. The van der Waals surface area contributed by atoms with Crippen molar-refractivity contribution in [2.24, 2.45) is 0 Å². The third kappa shape index (κ3) is 4.19. The largest absolute Gasteiger partial charge is 0.392 e. The summed E-state index contributed by atoms with van der Waals surface area (Å²) in [6.07, 6.45) is 4.31. The first kappa shape index (κ1) is 13.0. The van der Waals surface area contributed by atoms with Gasteiger partial charge in [-0.1, -0.05) is 48.4 Å². The van der Waals surface area contributed by atoms with Crippen LogP contribution in [0.25, 0.3) is 0 Å². The molecule has 0 spiro atoms. The van der Waals surface area contributed by atoms with Gasteiger partial charge in [0, 0.05) is 0 Å². The molecule has 0 aliphatic heterocycles. The minimum atomic E-state index is 0.179. The van der Waals surface area contributed by atoms with Crippen molar-refractivity contribution in [3.8, 4) is 0 Å². The van der Waals surface area contributed by atoms with Gasteiger partial charge in [0.2, 0.25) is 0 Å². The van der Waals surface area contributed by atoms with Crippen molar-refractivity contribution < 1.29 is 5.11 Å². The highest BCUT2D eigenvalue weighted by atomic mass is 16.3. The van der Waals surface area contributed by atoms with Crippen LogP contribution in [0.5, 0.6) is 0 Å². The molecule has 16 heavy (non-hydrogen) atoms. The van der Waals surface area contributed by atoms with Crippen molar-refractivity contribution >= 4 is 0 Å². The molecule has 1 aromatic carbocycles. The molecule has 0 fully saturated rings. The molecule has 1 heteroatoms. The van der Waals surface area contributed by atoms with Crippen LogP contribution in [0.3, 0.4) is 0 Å². The Hall–Kier alpha value is -1.08. The number of rotatable bonds is 5. The second-order valence-electron chi connectivity index (χ2n) is 4.60. The summed E-state index contributed by atoms with van der Waals surface area (Å²) in [5, 5.41) is 8.88. The van der Waals surface area contributed by atoms with Crippen LogP contribution in [0.15, 0.2) is 35.9 Å². The van der Waals surface area contributed by atoms with Gasteiger partial charge in [-0.2, -0.15) is 0 Å². The third-order valence-corrected chi connectivity index (χ3v) is 2.99. The first-order valence-corrected chi connectivity index (χ1v) is 5.96. The van der Waals surface area contributed by atoms with Crippen LogP contribution in [0.4, 0.5) is 0 Å². The van der Waals surface area contributed by atoms with Crippen LogP contribution in [0.2, 0.25) is 0 Å². The zero-order valence-corrected chi connectivity index (χ0v) is 10.5. The molecule has 0 heterocycles. The molecule has 1 atom stereocenters. The van der Waals surface area contributed by atoms with E-state index >= 15 is 0 Å². The van der Waals surface area contributed by atoms with E-state index in [4.69, 9.17) is 5.11 Å². The molecule has 1 aromatic rings. The van der Waals surface area contributed by atoms with Gasteiger partial charge in [0.05, 0.1) is 6.61 Å². The second-order valence-corrected chi connectivity index (χ2v) is 4.60. The molecule has 0 aliphatic carbocycles. The van der Waals surface area contributed by atoms with Gasteiger partial charge in [-0.3, -0.25) is 0 Å². The van der Waals surface area contributed by atoms with Crippen LogP contribution >= 0.6 is 0 Å². The van der Waals surface area contributed by atoms with Gasteiger partial charge in [0.1, 0.15) is 0 Å². The molecule has 88 valence electrons. The van der Waals surface area contributed by atoms with Gasteiger partial charge >= 0.3 is 0 Å². The number of aliphatic hydroxyl groups excluding tert-OH is 1. The Morgan fingerprint density at radius 3 is 2.50 bits per heavy atom. The number of aliphatic hydroxyl groups is 1. The molecular weight excluding hydrogens is 196 g/mol. The van der Waals surface area contributed by atoms with E-state index in [-0.39, 0.29) is 6.61 Å². The highest BCUT2D eigenvalue weighted by Crippen LogP contribution is 2.21. The van der Waals surface area contributed by atoms with Crippen LogP contribution in [-0.2, 0) is 0 Å². The molecule has 0 aliphatic rings. The van der Waals surface area contributed by atoms with Crippen LogP contribution < -0.4 is 0 Å². The molecular formula is C15H22O. The summed E-state index contributed by atoms with van der Waals surface area (Å²) >= 11 is 0. The van der Waals surface area contributed by atoms with Gasteiger partial charge in [-0.05, 0) is 38.2 Å². The van der Waals surface area contributed by atoms with Crippen LogP contribution in [0.1, 0.15) is 43.7 Å². The Bertz CT molecular complexity index is 335. The molecule has 1 nitrogen and oxygen atoms in total. The van der Waals surface area contributed by atoms with Gasteiger partial charge in [0.15, 0.2) is 0 Å². The summed E-state index contributed by atoms with van der Waals surface area (Å²) < 4.78 is 0. The van der Waals surface area contributed by atoms with Crippen molar-refractivity contribution in [1.29, 1.82) is 0 Å². The van der Waals surface area contributed by atoms with Crippen LogP contribution in [0, 0.1) is 6.92 Å². The van der Waals surface area contributed by atoms with Crippen molar-refractivity contribution in [2.75, 3.05) is 6.61 Å². The molecule has 0 saturated heterocycles. The topological polar surface area (TPSA) is 20.2 Å². The first-order chi connectivity index (χ1) is 7.63. The van der Waals surface area contributed by atoms with Gasteiger partial charge in [0.25, 0.3) is 0 Å². The molecule has 0 radical (unpaired) electrons. The summed E-state index contributed by atoms with van der Waals surface area (Å²) in [7, 11) is 0. The molecule has 1 unspecified atom stereocenters. The summed E-state index contributed by atoms with van der Waals surface area (Å²) in [5.41, 5.74) is 3.78. The molecule has 1 rings (SSSR count). The minimum absolute atomic E-state index is 0.179. The number of aryl methyl sites for hydroxylation is 1. The maximum absolute atomic E-state index is 8.88. The van der Waals surface area contributed by atoms with E-state index in [9.17, 15) is 0 Å². The Balaban J connectivity index is 2.46. The van der Waals surface area contributed by atoms with Crippen LogP contribution in [-0.4, -0.2) is 11.7 Å². The van der Waals surface area contributed by atoms with E-state index in [0.717, 1.165) is 18.4 Å². The van der Waals surface area contributed by atoms with E-state index in [1.54, 1.807) is 0 Å². The lowest BCUT2D eigenvalue weighted by Crippen LogP contribution is -1.93. The second kappa shape index (κ2) is 6.49. The highest BCUT2D eigenvalue weighted by molar-refractivity contribution is 5.24. The predicted molar refractivity (Wildman–Crippen MR) is 69.7 cm³/mol. The summed E-state index contributed by atoms with van der Waals surface area (Å²) in [5.74, 6) is 0.586.